The summed E-state index contributed by atoms with van der Waals surface area (Å²) in [6, 6.07) is 8.02. The Hall–Kier alpha value is -0.900. The van der Waals surface area contributed by atoms with Crippen molar-refractivity contribution in [2.75, 3.05) is 32.7 Å². The van der Waals surface area contributed by atoms with Crippen LogP contribution in [-0.2, 0) is 0 Å². The molecule has 3 rings (SSSR count). The summed E-state index contributed by atoms with van der Waals surface area (Å²) in [6.07, 6.45) is 2.73. The summed E-state index contributed by atoms with van der Waals surface area (Å²) in [5, 5.41) is 0.676. The highest BCUT2D eigenvalue weighted by atomic mass is 35.5. The van der Waals surface area contributed by atoms with Crippen molar-refractivity contribution >= 4 is 17.4 Å². The largest absolute Gasteiger partial charge is 0.298 e. The first-order valence-corrected chi connectivity index (χ1v) is 7.35. The second-order valence-corrected chi connectivity index (χ2v) is 5.91. The highest BCUT2D eigenvalue weighted by molar-refractivity contribution is 6.30. The van der Waals surface area contributed by atoms with E-state index >= 15 is 0 Å². The fraction of sp³-hybridized carbons (Fsp3) is 0.533. The number of piperazine rings is 1. The number of hydrogen-bond acceptors (Lipinski definition) is 3. The summed E-state index contributed by atoms with van der Waals surface area (Å²) in [4.78, 5) is 17.0. The van der Waals surface area contributed by atoms with E-state index in [0.29, 0.717) is 11.6 Å². The zero-order chi connectivity index (χ0) is 13.2. The lowest BCUT2D eigenvalue weighted by Crippen LogP contribution is -2.48. The van der Waals surface area contributed by atoms with Crippen molar-refractivity contribution in [3.05, 3.63) is 34.9 Å². The highest BCUT2D eigenvalue weighted by Crippen LogP contribution is 2.27. The van der Waals surface area contributed by atoms with Crippen molar-refractivity contribution in [3.63, 3.8) is 0 Å². The average molecular weight is 279 g/mol. The fourth-order valence-electron chi connectivity index (χ4n) is 2.66. The first-order chi connectivity index (χ1) is 9.22. The third kappa shape index (κ3) is 3.35. The number of halogens is 1. The van der Waals surface area contributed by atoms with Gasteiger partial charge in [0.1, 0.15) is 0 Å². The summed E-state index contributed by atoms with van der Waals surface area (Å²) in [5.74, 6) is 0.191. The molecule has 1 saturated heterocycles. The molecule has 1 heterocycles. The van der Waals surface area contributed by atoms with Gasteiger partial charge in [0.15, 0.2) is 5.78 Å². The van der Waals surface area contributed by atoms with Gasteiger partial charge in [-0.1, -0.05) is 11.6 Å². The van der Waals surface area contributed by atoms with Gasteiger partial charge in [0.2, 0.25) is 0 Å². The number of hydrogen-bond donors (Lipinski definition) is 0. The summed E-state index contributed by atoms with van der Waals surface area (Å²) in [7, 11) is 0. The molecule has 0 bridgehead atoms. The van der Waals surface area contributed by atoms with Crippen molar-refractivity contribution in [3.8, 4) is 0 Å². The van der Waals surface area contributed by atoms with E-state index in [4.69, 9.17) is 11.6 Å². The van der Waals surface area contributed by atoms with Crippen LogP contribution in [0.3, 0.4) is 0 Å². The normalized spacial score (nSPS) is 21.5. The molecule has 0 radical (unpaired) electrons. The van der Waals surface area contributed by atoms with Crippen molar-refractivity contribution in [2.24, 2.45) is 0 Å². The van der Waals surface area contributed by atoms with E-state index in [0.717, 1.165) is 37.8 Å². The minimum absolute atomic E-state index is 0.191. The lowest BCUT2D eigenvalue weighted by Gasteiger charge is -2.34. The van der Waals surface area contributed by atoms with Crippen molar-refractivity contribution in [1.29, 1.82) is 0 Å². The molecule has 1 saturated carbocycles. The van der Waals surface area contributed by atoms with E-state index in [2.05, 4.69) is 9.80 Å². The Kier molecular flexibility index (Phi) is 3.87. The van der Waals surface area contributed by atoms with Crippen LogP contribution in [0.2, 0.25) is 5.02 Å². The van der Waals surface area contributed by atoms with E-state index in [1.54, 1.807) is 12.1 Å². The molecule has 1 aliphatic heterocycles. The molecule has 0 amide bonds. The standard InChI is InChI=1S/C15H19ClN2O/c16-13-3-1-12(2-4-13)15(19)11-17-7-9-18(10-8-17)14-5-6-14/h1-4,14H,5-11H2. The summed E-state index contributed by atoms with van der Waals surface area (Å²) in [5.41, 5.74) is 0.758. The van der Waals surface area contributed by atoms with Gasteiger partial charge in [0.05, 0.1) is 6.54 Å². The minimum Gasteiger partial charge on any atom is -0.298 e. The Bertz CT molecular complexity index is 448. The Morgan fingerprint density at radius 2 is 1.74 bits per heavy atom. The molecule has 3 nitrogen and oxygen atoms in total. The molecule has 0 aromatic heterocycles. The molecule has 102 valence electrons. The van der Waals surface area contributed by atoms with E-state index in [9.17, 15) is 4.79 Å². The SMILES string of the molecule is O=C(CN1CCN(C2CC2)CC1)c1ccc(Cl)cc1. The third-order valence-electron chi connectivity index (χ3n) is 4.00. The number of Topliss-reactive ketones (excluding diaryl/α,β-unsaturated/α-hetero) is 1. The van der Waals surface area contributed by atoms with Crippen LogP contribution >= 0.6 is 11.6 Å². The maximum atomic E-state index is 12.2. The van der Waals surface area contributed by atoms with Gasteiger partial charge >= 0.3 is 0 Å². The van der Waals surface area contributed by atoms with Crippen molar-refractivity contribution in [1.82, 2.24) is 9.80 Å². The molecular formula is C15H19ClN2O. The van der Waals surface area contributed by atoms with Crippen LogP contribution < -0.4 is 0 Å². The quantitative estimate of drug-likeness (QED) is 0.790. The predicted octanol–water partition coefficient (Wildman–Crippen LogP) is 2.30. The average Bonchev–Trinajstić information content (AvgIpc) is 3.25. The van der Waals surface area contributed by atoms with Gasteiger partial charge in [-0.15, -0.1) is 0 Å². The van der Waals surface area contributed by atoms with E-state index < -0.39 is 0 Å². The molecule has 1 aromatic carbocycles. The van der Waals surface area contributed by atoms with Gasteiger partial charge < -0.3 is 0 Å². The van der Waals surface area contributed by atoms with Crippen LogP contribution in [0.25, 0.3) is 0 Å². The fourth-order valence-corrected chi connectivity index (χ4v) is 2.78. The molecule has 0 atom stereocenters. The highest BCUT2D eigenvalue weighted by Gasteiger charge is 2.31. The first kappa shape index (κ1) is 13.1. The Labute approximate surface area is 119 Å². The van der Waals surface area contributed by atoms with Crippen molar-refractivity contribution < 1.29 is 4.79 Å². The van der Waals surface area contributed by atoms with Crippen LogP contribution in [0.15, 0.2) is 24.3 Å². The second kappa shape index (κ2) is 5.61. The second-order valence-electron chi connectivity index (χ2n) is 5.47. The number of carbonyl (C=O) groups excluding carboxylic acids is 1. The van der Waals surface area contributed by atoms with Gasteiger partial charge in [0, 0.05) is 42.8 Å². The maximum Gasteiger partial charge on any atom is 0.176 e. The third-order valence-corrected chi connectivity index (χ3v) is 4.26. The molecule has 1 aliphatic carbocycles. The maximum absolute atomic E-state index is 12.2. The number of rotatable bonds is 4. The Balaban J connectivity index is 1.51. The topological polar surface area (TPSA) is 23.6 Å². The number of benzene rings is 1. The van der Waals surface area contributed by atoms with Crippen LogP contribution in [0.4, 0.5) is 0 Å². The van der Waals surface area contributed by atoms with Crippen LogP contribution in [0.1, 0.15) is 23.2 Å². The van der Waals surface area contributed by atoms with Crippen LogP contribution in [-0.4, -0.2) is 54.3 Å². The Morgan fingerprint density at radius 1 is 1.11 bits per heavy atom. The smallest absolute Gasteiger partial charge is 0.176 e. The molecule has 0 N–H and O–H groups in total. The van der Waals surface area contributed by atoms with Crippen LogP contribution in [0, 0.1) is 0 Å². The molecule has 0 spiro atoms. The van der Waals surface area contributed by atoms with Gasteiger partial charge in [-0.3, -0.25) is 14.6 Å². The summed E-state index contributed by atoms with van der Waals surface area (Å²) >= 11 is 5.83. The van der Waals surface area contributed by atoms with Gasteiger partial charge in [-0.25, -0.2) is 0 Å². The number of carbonyl (C=O) groups is 1. The number of nitrogens with zero attached hydrogens (tertiary/aromatic N) is 2. The molecule has 1 aromatic rings. The van der Waals surface area contributed by atoms with E-state index in [1.807, 2.05) is 12.1 Å². The van der Waals surface area contributed by atoms with Crippen LogP contribution in [0.5, 0.6) is 0 Å². The molecule has 2 aliphatic rings. The van der Waals surface area contributed by atoms with Gasteiger partial charge in [0.25, 0.3) is 0 Å². The molecule has 0 unspecified atom stereocenters. The lowest BCUT2D eigenvalue weighted by molar-refractivity contribution is 0.0843. The molecule has 19 heavy (non-hydrogen) atoms. The molecule has 4 heteroatoms. The van der Waals surface area contributed by atoms with Crippen molar-refractivity contribution in [2.45, 2.75) is 18.9 Å². The minimum atomic E-state index is 0.191. The number of ketones is 1. The van der Waals surface area contributed by atoms with E-state index in [1.165, 1.54) is 12.8 Å². The Morgan fingerprint density at radius 3 is 2.32 bits per heavy atom. The lowest BCUT2D eigenvalue weighted by atomic mass is 10.1. The monoisotopic (exact) mass is 278 g/mol. The summed E-state index contributed by atoms with van der Waals surface area (Å²) in [6.45, 7) is 4.77. The molecular weight excluding hydrogens is 260 g/mol. The van der Waals surface area contributed by atoms with Gasteiger partial charge in [-0.2, -0.15) is 0 Å². The van der Waals surface area contributed by atoms with Gasteiger partial charge in [-0.05, 0) is 37.1 Å². The zero-order valence-corrected chi connectivity index (χ0v) is 11.8. The first-order valence-electron chi connectivity index (χ1n) is 6.97. The molecule has 2 fully saturated rings. The zero-order valence-electron chi connectivity index (χ0n) is 11.0. The summed E-state index contributed by atoms with van der Waals surface area (Å²) < 4.78 is 0. The predicted molar refractivity (Wildman–Crippen MR) is 76.8 cm³/mol. The van der Waals surface area contributed by atoms with E-state index in [-0.39, 0.29) is 5.78 Å².